The molecule has 3 N–H and O–H groups in total. The number of primary sulfonamides is 1. The van der Waals surface area contributed by atoms with Gasteiger partial charge in [-0.25, -0.2) is 13.6 Å². The topological polar surface area (TPSA) is 89.3 Å². The van der Waals surface area contributed by atoms with E-state index in [1.54, 1.807) is 12.1 Å². The fraction of sp³-hybridized carbons (Fsp3) is 0.278. The number of amides is 1. The summed E-state index contributed by atoms with van der Waals surface area (Å²) in [4.78, 5) is 12.7. The van der Waals surface area contributed by atoms with E-state index in [1.165, 1.54) is 18.2 Å². The van der Waals surface area contributed by atoms with Crippen molar-refractivity contribution in [2.75, 3.05) is 0 Å². The Morgan fingerprint density at radius 2 is 1.85 bits per heavy atom. The van der Waals surface area contributed by atoms with Gasteiger partial charge in [0.25, 0.3) is 5.91 Å². The lowest BCUT2D eigenvalue weighted by Crippen LogP contribution is -2.36. The van der Waals surface area contributed by atoms with E-state index < -0.39 is 10.0 Å². The number of hydrogen-bond donors (Lipinski definition) is 2. The summed E-state index contributed by atoms with van der Waals surface area (Å²) in [6.45, 7) is 0. The molecule has 2 aromatic carbocycles. The van der Waals surface area contributed by atoms with Crippen LogP contribution in [-0.2, 0) is 10.0 Å². The van der Waals surface area contributed by atoms with Crippen LogP contribution in [0.15, 0.2) is 51.8 Å². The molecule has 26 heavy (non-hydrogen) atoms. The maximum Gasteiger partial charge on any atom is 0.252 e. The Kier molecular flexibility index (Phi) is 5.72. The highest BCUT2D eigenvalue weighted by Crippen LogP contribution is 2.38. The summed E-state index contributed by atoms with van der Waals surface area (Å²) in [7, 11) is -3.89. The highest BCUT2D eigenvalue weighted by molar-refractivity contribution is 9.10. The first-order valence-corrected chi connectivity index (χ1v) is 10.9. The third-order valence-corrected chi connectivity index (χ3v) is 6.50. The van der Waals surface area contributed by atoms with Crippen LogP contribution in [0.5, 0.6) is 0 Å². The number of rotatable bonds is 5. The maximum atomic E-state index is 12.8. The number of benzene rings is 2. The quantitative estimate of drug-likeness (QED) is 0.710. The van der Waals surface area contributed by atoms with Crippen molar-refractivity contribution in [3.8, 4) is 0 Å². The van der Waals surface area contributed by atoms with E-state index in [2.05, 4.69) is 21.2 Å². The minimum Gasteiger partial charge on any atom is -0.345 e. The average Bonchev–Trinajstić information content (AvgIpc) is 2.52. The molecule has 1 fully saturated rings. The molecule has 0 heterocycles. The van der Waals surface area contributed by atoms with Crippen LogP contribution in [0.1, 0.15) is 41.2 Å². The summed E-state index contributed by atoms with van der Waals surface area (Å²) < 4.78 is 23.7. The Bertz CT molecular complexity index is 928. The van der Waals surface area contributed by atoms with Gasteiger partial charge in [0.05, 0.1) is 16.5 Å². The van der Waals surface area contributed by atoms with Crippen molar-refractivity contribution < 1.29 is 13.2 Å². The lowest BCUT2D eigenvalue weighted by atomic mass is 9.77. The largest absolute Gasteiger partial charge is 0.345 e. The SMILES string of the molecule is NS(=O)(=O)c1ccc(Br)c(C(=O)NC(c2ccc(Cl)cc2)C2CCC2)c1. The van der Waals surface area contributed by atoms with Crippen LogP contribution in [0.2, 0.25) is 5.02 Å². The number of halogens is 2. The Morgan fingerprint density at radius 3 is 2.38 bits per heavy atom. The lowest BCUT2D eigenvalue weighted by molar-refractivity contribution is 0.0899. The molecule has 8 heteroatoms. The van der Waals surface area contributed by atoms with E-state index in [0.717, 1.165) is 24.8 Å². The normalized spacial score (nSPS) is 16.0. The smallest absolute Gasteiger partial charge is 0.252 e. The molecular weight excluding hydrogens is 440 g/mol. The molecular formula is C18H18BrClN2O3S. The van der Waals surface area contributed by atoms with Crippen LogP contribution in [0.3, 0.4) is 0 Å². The molecule has 3 rings (SSSR count). The van der Waals surface area contributed by atoms with E-state index in [9.17, 15) is 13.2 Å². The number of sulfonamides is 1. The average molecular weight is 458 g/mol. The standard InChI is InChI=1S/C18H18BrClN2O3S/c19-16-9-8-14(26(21,24)25)10-15(16)18(23)22-17(11-2-1-3-11)12-4-6-13(20)7-5-12/h4-11,17H,1-3H2,(H,22,23)(H2,21,24,25). The summed E-state index contributed by atoms with van der Waals surface area (Å²) >= 11 is 9.27. The number of nitrogens with two attached hydrogens (primary N) is 1. The van der Waals surface area contributed by atoms with Gasteiger partial charge in [-0.05, 0) is 70.6 Å². The van der Waals surface area contributed by atoms with E-state index in [0.29, 0.717) is 15.4 Å². The van der Waals surface area contributed by atoms with Crippen LogP contribution in [-0.4, -0.2) is 14.3 Å². The number of hydrogen-bond acceptors (Lipinski definition) is 3. The van der Waals surface area contributed by atoms with Gasteiger partial charge < -0.3 is 5.32 Å². The van der Waals surface area contributed by atoms with Crippen LogP contribution in [0.25, 0.3) is 0 Å². The molecule has 1 atom stereocenters. The van der Waals surface area contributed by atoms with Crippen LogP contribution < -0.4 is 10.5 Å². The van der Waals surface area contributed by atoms with Gasteiger partial charge in [0, 0.05) is 9.50 Å². The van der Waals surface area contributed by atoms with E-state index in [1.807, 2.05) is 12.1 Å². The van der Waals surface area contributed by atoms with Crippen molar-refractivity contribution in [3.05, 3.63) is 63.1 Å². The van der Waals surface area contributed by atoms with Gasteiger partial charge >= 0.3 is 0 Å². The highest BCUT2D eigenvalue weighted by Gasteiger charge is 2.30. The lowest BCUT2D eigenvalue weighted by Gasteiger charge is -2.34. The first kappa shape index (κ1) is 19.4. The molecule has 1 aliphatic rings. The monoisotopic (exact) mass is 456 g/mol. The first-order chi connectivity index (χ1) is 12.3. The Morgan fingerprint density at radius 1 is 1.19 bits per heavy atom. The van der Waals surface area contributed by atoms with Gasteiger partial charge in [-0.3, -0.25) is 4.79 Å². The third kappa shape index (κ3) is 4.28. The predicted molar refractivity (Wildman–Crippen MR) is 105 cm³/mol. The van der Waals surface area contributed by atoms with Crippen molar-refractivity contribution in [2.45, 2.75) is 30.2 Å². The molecule has 1 aliphatic carbocycles. The summed E-state index contributed by atoms with van der Waals surface area (Å²) in [5, 5.41) is 8.85. The van der Waals surface area contributed by atoms with Gasteiger partial charge in [0.15, 0.2) is 0 Å². The Hall–Kier alpha value is -1.41. The zero-order valence-corrected chi connectivity index (χ0v) is 16.9. The summed E-state index contributed by atoms with van der Waals surface area (Å²) in [6, 6.07) is 11.4. The first-order valence-electron chi connectivity index (χ1n) is 8.14. The Balaban J connectivity index is 1.90. The maximum absolute atomic E-state index is 12.8. The summed E-state index contributed by atoms with van der Waals surface area (Å²) in [5.41, 5.74) is 1.21. The van der Waals surface area contributed by atoms with E-state index in [-0.39, 0.29) is 22.4 Å². The predicted octanol–water partition coefficient (Wildman–Crippen LogP) is 4.02. The molecule has 1 unspecified atom stereocenters. The van der Waals surface area contributed by atoms with Crippen LogP contribution >= 0.6 is 27.5 Å². The molecule has 1 saturated carbocycles. The number of nitrogens with one attached hydrogen (secondary N) is 1. The number of carbonyl (C=O) groups excluding carboxylic acids is 1. The molecule has 0 radical (unpaired) electrons. The second-order valence-corrected chi connectivity index (χ2v) is 9.23. The molecule has 138 valence electrons. The van der Waals surface area contributed by atoms with Crippen molar-refractivity contribution >= 4 is 43.5 Å². The fourth-order valence-corrected chi connectivity index (χ4v) is 4.08. The fourth-order valence-electron chi connectivity index (χ4n) is 2.99. The summed E-state index contributed by atoms with van der Waals surface area (Å²) in [6.07, 6.45) is 3.20. The van der Waals surface area contributed by atoms with Gasteiger partial charge in [0.1, 0.15) is 0 Å². The molecule has 0 saturated heterocycles. The van der Waals surface area contributed by atoms with E-state index >= 15 is 0 Å². The molecule has 5 nitrogen and oxygen atoms in total. The van der Waals surface area contributed by atoms with E-state index in [4.69, 9.17) is 16.7 Å². The van der Waals surface area contributed by atoms with Crippen molar-refractivity contribution in [3.63, 3.8) is 0 Å². The molecule has 1 amide bonds. The highest BCUT2D eigenvalue weighted by atomic mass is 79.9. The van der Waals surface area contributed by atoms with Gasteiger partial charge in [-0.15, -0.1) is 0 Å². The molecule has 0 aliphatic heterocycles. The van der Waals surface area contributed by atoms with Crippen molar-refractivity contribution in [1.29, 1.82) is 0 Å². The molecule has 0 aromatic heterocycles. The third-order valence-electron chi connectivity index (χ3n) is 4.65. The minimum absolute atomic E-state index is 0.0995. The van der Waals surface area contributed by atoms with Gasteiger partial charge in [-0.2, -0.15) is 0 Å². The summed E-state index contributed by atoms with van der Waals surface area (Å²) in [5.74, 6) is -0.00505. The van der Waals surface area contributed by atoms with Crippen molar-refractivity contribution in [1.82, 2.24) is 5.32 Å². The molecule has 0 bridgehead atoms. The second kappa shape index (κ2) is 7.68. The number of carbonyl (C=O) groups is 1. The van der Waals surface area contributed by atoms with Crippen molar-refractivity contribution in [2.24, 2.45) is 11.1 Å². The second-order valence-electron chi connectivity index (χ2n) is 6.38. The Labute approximate surface area is 166 Å². The van der Waals surface area contributed by atoms with Crippen LogP contribution in [0, 0.1) is 5.92 Å². The van der Waals surface area contributed by atoms with Gasteiger partial charge in [0.2, 0.25) is 10.0 Å². The molecule has 0 spiro atoms. The van der Waals surface area contributed by atoms with Crippen LogP contribution in [0.4, 0.5) is 0 Å². The molecule has 2 aromatic rings. The zero-order chi connectivity index (χ0) is 18.9. The minimum atomic E-state index is -3.89. The zero-order valence-electron chi connectivity index (χ0n) is 13.8. The van der Waals surface area contributed by atoms with Gasteiger partial charge in [-0.1, -0.05) is 30.2 Å².